The Morgan fingerprint density at radius 3 is 1.76 bits per heavy atom. The molecule has 0 spiro atoms. The van der Waals surface area contributed by atoms with Crippen LogP contribution >= 0.6 is 0 Å². The van der Waals surface area contributed by atoms with Gasteiger partial charge in [0.25, 0.3) is 0 Å². The van der Waals surface area contributed by atoms with E-state index in [0.29, 0.717) is 0 Å². The van der Waals surface area contributed by atoms with Gasteiger partial charge in [-0.15, -0.1) is 0 Å². The van der Waals surface area contributed by atoms with Crippen molar-refractivity contribution in [1.82, 2.24) is 8.96 Å². The van der Waals surface area contributed by atoms with Crippen molar-refractivity contribution in [2.75, 3.05) is 14.2 Å². The summed E-state index contributed by atoms with van der Waals surface area (Å²) >= 11 is -0.0235. The van der Waals surface area contributed by atoms with Crippen LogP contribution in [-0.4, -0.2) is 37.9 Å². The molecule has 4 aromatic carbocycles. The van der Waals surface area contributed by atoms with Crippen LogP contribution in [0.4, 0.5) is 0 Å². The molecule has 0 aliphatic carbocycles. The molecule has 4 nitrogen and oxygen atoms in total. The summed E-state index contributed by atoms with van der Waals surface area (Å²) in [7, 11) is 3.37. The van der Waals surface area contributed by atoms with E-state index in [1.807, 2.05) is 24.3 Å². The molecule has 142 valence electrons. The van der Waals surface area contributed by atoms with Crippen molar-refractivity contribution in [3.05, 3.63) is 72.8 Å². The topological polar surface area (TPSA) is 44.2 Å². The number of aromatic nitrogens is 2. The van der Waals surface area contributed by atoms with Crippen molar-refractivity contribution in [3.8, 4) is 33.0 Å². The quantitative estimate of drug-likeness (QED) is 0.357. The Hall–Kier alpha value is -3.14. The maximum atomic E-state index is 5.31. The summed E-state index contributed by atoms with van der Waals surface area (Å²) in [5, 5.41) is 4.63. The molecule has 0 saturated carbocycles. The molecule has 0 aliphatic rings. The maximum absolute atomic E-state index is 5.31. The molecule has 0 unspecified atom stereocenters. The van der Waals surface area contributed by atoms with Crippen molar-refractivity contribution in [3.63, 3.8) is 0 Å². The van der Waals surface area contributed by atoms with Crippen LogP contribution in [0.25, 0.3) is 43.1 Å². The van der Waals surface area contributed by atoms with E-state index in [-0.39, 0.29) is 14.7 Å². The van der Waals surface area contributed by atoms with Crippen LogP contribution in [0.2, 0.25) is 0 Å². The van der Waals surface area contributed by atoms with E-state index in [1.165, 1.54) is 5.39 Å². The summed E-state index contributed by atoms with van der Waals surface area (Å²) in [4.78, 5) is 4.85. The molecule has 5 heteroatoms. The van der Waals surface area contributed by atoms with E-state index in [9.17, 15) is 0 Å². The van der Waals surface area contributed by atoms with Crippen molar-refractivity contribution < 1.29 is 9.47 Å². The fraction of sp³-hybridized carbons (Fsp3) is 0.0833. The SMILES string of the molecule is COc1ccc2cc(-c3n[se]c(-c4ccc5cc(OC)ccc5c4)n3)ccc2c1. The fourth-order valence-electron chi connectivity index (χ4n) is 3.43. The van der Waals surface area contributed by atoms with Gasteiger partial charge in [0.15, 0.2) is 0 Å². The fourth-order valence-corrected chi connectivity index (χ4v) is 4.86. The molecule has 5 aromatic rings. The number of nitrogens with zero attached hydrogens (tertiary/aromatic N) is 2. The van der Waals surface area contributed by atoms with Crippen LogP contribution in [-0.2, 0) is 0 Å². The average molecular weight is 445 g/mol. The molecule has 1 heterocycles. The molecule has 0 bridgehead atoms. The van der Waals surface area contributed by atoms with Crippen molar-refractivity contribution >= 4 is 36.3 Å². The van der Waals surface area contributed by atoms with E-state index in [0.717, 1.165) is 49.2 Å². The van der Waals surface area contributed by atoms with Crippen LogP contribution in [0, 0.1) is 0 Å². The summed E-state index contributed by atoms with van der Waals surface area (Å²) in [5.41, 5.74) is 2.18. The van der Waals surface area contributed by atoms with Crippen LogP contribution in [0.3, 0.4) is 0 Å². The Morgan fingerprint density at radius 1 is 0.621 bits per heavy atom. The predicted octanol–water partition coefficient (Wildman–Crippen LogP) is 5.19. The summed E-state index contributed by atoms with van der Waals surface area (Å²) in [6.07, 6.45) is 0. The van der Waals surface area contributed by atoms with E-state index in [1.54, 1.807) is 14.2 Å². The van der Waals surface area contributed by atoms with Gasteiger partial charge in [0, 0.05) is 0 Å². The van der Waals surface area contributed by atoms with Gasteiger partial charge in [-0.2, -0.15) is 0 Å². The van der Waals surface area contributed by atoms with Gasteiger partial charge >= 0.3 is 175 Å². The van der Waals surface area contributed by atoms with Gasteiger partial charge in [-0.3, -0.25) is 0 Å². The zero-order valence-electron chi connectivity index (χ0n) is 16.0. The monoisotopic (exact) mass is 446 g/mol. The van der Waals surface area contributed by atoms with Gasteiger partial charge in [0.2, 0.25) is 0 Å². The van der Waals surface area contributed by atoms with Crippen molar-refractivity contribution in [2.24, 2.45) is 0 Å². The van der Waals surface area contributed by atoms with Crippen LogP contribution < -0.4 is 9.47 Å². The molecule has 1 aromatic heterocycles. The molecule has 0 saturated heterocycles. The molecular weight excluding hydrogens is 427 g/mol. The molecule has 0 fully saturated rings. The van der Waals surface area contributed by atoms with Crippen LogP contribution in [0.5, 0.6) is 11.5 Å². The first-order chi connectivity index (χ1) is 14.2. The number of methoxy groups -OCH3 is 2. The summed E-state index contributed by atoms with van der Waals surface area (Å²) in [5.74, 6) is 2.54. The Morgan fingerprint density at radius 2 is 1.14 bits per heavy atom. The van der Waals surface area contributed by atoms with Gasteiger partial charge in [-0.1, -0.05) is 0 Å². The van der Waals surface area contributed by atoms with E-state index in [4.69, 9.17) is 18.4 Å². The Labute approximate surface area is 174 Å². The van der Waals surface area contributed by atoms with Crippen molar-refractivity contribution in [2.45, 2.75) is 0 Å². The van der Waals surface area contributed by atoms with Gasteiger partial charge in [-0.25, -0.2) is 0 Å². The summed E-state index contributed by atoms with van der Waals surface area (Å²) < 4.78 is 16.4. The minimum atomic E-state index is -0.0235. The number of ether oxygens (including phenoxy) is 2. The van der Waals surface area contributed by atoms with Crippen LogP contribution in [0.15, 0.2) is 72.8 Å². The van der Waals surface area contributed by atoms with E-state index in [2.05, 4.69) is 48.5 Å². The van der Waals surface area contributed by atoms with Crippen LogP contribution in [0.1, 0.15) is 0 Å². The first kappa shape index (κ1) is 17.9. The number of benzene rings is 4. The molecule has 0 N–H and O–H groups in total. The minimum absolute atomic E-state index is 0.0235. The Bertz CT molecular complexity index is 1240. The first-order valence-corrected chi connectivity index (χ1v) is 10.9. The third kappa shape index (κ3) is 3.39. The average Bonchev–Trinajstić information content (AvgIpc) is 3.28. The standard InChI is InChI=1S/C24H18N2O2Se/c1-27-21-9-7-15-11-19(5-3-17(15)13-21)23-25-24(29-26-23)20-6-4-18-14-22(28-2)10-8-16(18)12-20/h3-14H,1-2H3. The molecule has 5 rings (SSSR count). The molecular formula is C24H18N2O2Se. The van der Waals surface area contributed by atoms with Gasteiger partial charge in [-0.05, 0) is 0 Å². The number of rotatable bonds is 4. The number of hydrogen-bond acceptors (Lipinski definition) is 4. The second-order valence-electron chi connectivity index (χ2n) is 6.78. The molecule has 0 radical (unpaired) electrons. The second kappa shape index (κ2) is 7.36. The van der Waals surface area contributed by atoms with Gasteiger partial charge < -0.3 is 0 Å². The van der Waals surface area contributed by atoms with Gasteiger partial charge in [0.1, 0.15) is 0 Å². The summed E-state index contributed by atoms with van der Waals surface area (Å²) in [6, 6.07) is 24.9. The Balaban J connectivity index is 1.50. The normalized spacial score (nSPS) is 11.1. The molecule has 29 heavy (non-hydrogen) atoms. The third-order valence-electron chi connectivity index (χ3n) is 5.03. The van der Waals surface area contributed by atoms with Crippen molar-refractivity contribution in [1.29, 1.82) is 0 Å². The second-order valence-corrected chi connectivity index (χ2v) is 8.36. The van der Waals surface area contributed by atoms with E-state index >= 15 is 0 Å². The predicted molar refractivity (Wildman–Crippen MR) is 118 cm³/mol. The molecule has 0 aliphatic heterocycles. The Kier molecular flexibility index (Phi) is 4.55. The first-order valence-electron chi connectivity index (χ1n) is 9.23. The van der Waals surface area contributed by atoms with E-state index < -0.39 is 0 Å². The summed E-state index contributed by atoms with van der Waals surface area (Å²) in [6.45, 7) is 0. The molecule has 0 amide bonds. The third-order valence-corrected chi connectivity index (χ3v) is 6.63. The number of fused-ring (bicyclic) bond motifs is 2. The number of hydrogen-bond donors (Lipinski definition) is 0. The van der Waals surface area contributed by atoms with Gasteiger partial charge in [0.05, 0.1) is 0 Å². The zero-order chi connectivity index (χ0) is 19.8. The zero-order valence-corrected chi connectivity index (χ0v) is 17.8. The molecule has 0 atom stereocenters.